The van der Waals surface area contributed by atoms with Crippen LogP contribution in [0.15, 0.2) is 22.7 Å². The van der Waals surface area contributed by atoms with Crippen LogP contribution in [0.25, 0.3) is 0 Å². The number of nitro benzene ring substituents is 1. The first-order valence-corrected chi connectivity index (χ1v) is 6.82. The fourth-order valence-electron chi connectivity index (χ4n) is 1.44. The maximum Gasteiger partial charge on any atom is 0.283 e. The molecule has 1 aromatic rings. The van der Waals surface area contributed by atoms with Crippen molar-refractivity contribution in [1.82, 2.24) is 5.32 Å². The van der Waals surface area contributed by atoms with Crippen LogP contribution >= 0.6 is 15.9 Å². The standard InChI is InChI=1S/C13H17BrN2O4/c1-13(2,3)11(17)7-15-12(18)9-5-4-8(14)6-10(9)16(19)20/h4-6,11,17H,7H2,1-3H3,(H,15,18). The smallest absolute Gasteiger partial charge is 0.283 e. The highest BCUT2D eigenvalue weighted by molar-refractivity contribution is 9.10. The largest absolute Gasteiger partial charge is 0.391 e. The van der Waals surface area contributed by atoms with Gasteiger partial charge in [0, 0.05) is 17.1 Å². The van der Waals surface area contributed by atoms with E-state index in [1.165, 1.54) is 12.1 Å². The molecule has 0 aliphatic carbocycles. The number of rotatable bonds is 4. The zero-order chi connectivity index (χ0) is 15.5. The summed E-state index contributed by atoms with van der Waals surface area (Å²) in [5, 5.41) is 23.3. The van der Waals surface area contributed by atoms with E-state index in [4.69, 9.17) is 0 Å². The molecule has 1 unspecified atom stereocenters. The molecule has 20 heavy (non-hydrogen) atoms. The molecule has 7 heteroatoms. The highest BCUT2D eigenvalue weighted by atomic mass is 79.9. The molecule has 0 fully saturated rings. The van der Waals surface area contributed by atoms with Gasteiger partial charge < -0.3 is 10.4 Å². The molecule has 0 saturated carbocycles. The molecule has 0 radical (unpaired) electrons. The van der Waals surface area contributed by atoms with Crippen molar-refractivity contribution in [2.45, 2.75) is 26.9 Å². The second-order valence-corrected chi connectivity index (χ2v) is 6.43. The van der Waals surface area contributed by atoms with E-state index in [9.17, 15) is 20.0 Å². The number of hydrogen-bond acceptors (Lipinski definition) is 4. The lowest BCUT2D eigenvalue weighted by molar-refractivity contribution is -0.385. The number of carbonyl (C=O) groups excluding carboxylic acids is 1. The zero-order valence-corrected chi connectivity index (χ0v) is 13.1. The van der Waals surface area contributed by atoms with Gasteiger partial charge in [0.15, 0.2) is 0 Å². The van der Waals surface area contributed by atoms with E-state index in [2.05, 4.69) is 21.2 Å². The predicted octanol–water partition coefficient (Wildman–Crippen LogP) is 2.49. The minimum Gasteiger partial charge on any atom is -0.391 e. The molecule has 0 aromatic heterocycles. The average molecular weight is 345 g/mol. The summed E-state index contributed by atoms with van der Waals surface area (Å²) >= 11 is 3.13. The van der Waals surface area contributed by atoms with Crippen molar-refractivity contribution < 1.29 is 14.8 Å². The van der Waals surface area contributed by atoms with Crippen LogP contribution in [0.1, 0.15) is 31.1 Å². The van der Waals surface area contributed by atoms with Crippen LogP contribution in [-0.4, -0.2) is 28.6 Å². The topological polar surface area (TPSA) is 92.5 Å². The molecule has 1 amide bonds. The monoisotopic (exact) mass is 344 g/mol. The summed E-state index contributed by atoms with van der Waals surface area (Å²) < 4.78 is 0.524. The quantitative estimate of drug-likeness (QED) is 0.648. The molecule has 0 aliphatic rings. The van der Waals surface area contributed by atoms with E-state index in [1.807, 2.05) is 20.8 Å². The van der Waals surface area contributed by atoms with Gasteiger partial charge >= 0.3 is 0 Å². The van der Waals surface area contributed by atoms with Gasteiger partial charge in [-0.15, -0.1) is 0 Å². The molecule has 2 N–H and O–H groups in total. The van der Waals surface area contributed by atoms with Gasteiger partial charge in [0.1, 0.15) is 5.56 Å². The van der Waals surface area contributed by atoms with Crippen LogP contribution in [-0.2, 0) is 0 Å². The SMILES string of the molecule is CC(C)(C)C(O)CNC(=O)c1ccc(Br)cc1[N+](=O)[O-]. The van der Waals surface area contributed by atoms with Crippen molar-refractivity contribution in [1.29, 1.82) is 0 Å². The minimum atomic E-state index is -0.735. The first-order chi connectivity index (χ1) is 9.12. The number of aliphatic hydroxyl groups is 1. The second kappa shape index (κ2) is 6.32. The Morgan fingerprint density at radius 2 is 2.10 bits per heavy atom. The number of amides is 1. The first kappa shape index (κ1) is 16.6. The average Bonchev–Trinajstić information content (AvgIpc) is 2.34. The third kappa shape index (κ3) is 4.28. The van der Waals surface area contributed by atoms with Crippen LogP contribution in [0.4, 0.5) is 5.69 Å². The first-order valence-electron chi connectivity index (χ1n) is 6.03. The molecule has 0 bridgehead atoms. The molecule has 0 spiro atoms. The van der Waals surface area contributed by atoms with Crippen LogP contribution in [0, 0.1) is 15.5 Å². The molecule has 0 heterocycles. The number of nitrogens with one attached hydrogen (secondary N) is 1. The number of benzene rings is 1. The van der Waals surface area contributed by atoms with Crippen molar-refractivity contribution in [3.05, 3.63) is 38.3 Å². The van der Waals surface area contributed by atoms with Crippen LogP contribution < -0.4 is 5.32 Å². The summed E-state index contributed by atoms with van der Waals surface area (Å²) in [6, 6.07) is 4.21. The molecule has 1 rings (SSSR count). The molecular formula is C13H17BrN2O4. The Balaban J connectivity index is 2.86. The van der Waals surface area contributed by atoms with Crippen LogP contribution in [0.2, 0.25) is 0 Å². The highest BCUT2D eigenvalue weighted by Crippen LogP contribution is 2.24. The summed E-state index contributed by atoms with van der Waals surface area (Å²) in [6.07, 6.45) is -0.735. The van der Waals surface area contributed by atoms with E-state index in [-0.39, 0.29) is 23.2 Å². The molecule has 1 atom stereocenters. The van der Waals surface area contributed by atoms with E-state index < -0.39 is 16.9 Å². The van der Waals surface area contributed by atoms with E-state index in [1.54, 1.807) is 6.07 Å². The van der Waals surface area contributed by atoms with Crippen molar-refractivity contribution in [2.24, 2.45) is 5.41 Å². The van der Waals surface area contributed by atoms with Gasteiger partial charge in [-0.25, -0.2) is 0 Å². The Labute approximate surface area is 125 Å². The molecule has 0 saturated heterocycles. The Bertz CT molecular complexity index is 526. The number of aliphatic hydroxyl groups excluding tert-OH is 1. The number of hydrogen-bond donors (Lipinski definition) is 2. The summed E-state index contributed by atoms with van der Waals surface area (Å²) in [4.78, 5) is 22.3. The van der Waals surface area contributed by atoms with Crippen molar-refractivity contribution in [3.63, 3.8) is 0 Å². The second-order valence-electron chi connectivity index (χ2n) is 5.51. The third-order valence-electron chi connectivity index (χ3n) is 2.86. The maximum atomic E-state index is 12.0. The molecular weight excluding hydrogens is 328 g/mol. The number of nitro groups is 1. The van der Waals surface area contributed by atoms with Gasteiger partial charge in [0.25, 0.3) is 11.6 Å². The Kier molecular flexibility index (Phi) is 5.24. The fourth-order valence-corrected chi connectivity index (χ4v) is 1.79. The molecule has 6 nitrogen and oxygen atoms in total. The fraction of sp³-hybridized carbons (Fsp3) is 0.462. The van der Waals surface area contributed by atoms with Crippen LogP contribution in [0.3, 0.4) is 0 Å². The van der Waals surface area contributed by atoms with Gasteiger partial charge in [0.2, 0.25) is 0 Å². The van der Waals surface area contributed by atoms with Gasteiger partial charge in [-0.05, 0) is 17.5 Å². The number of carbonyl (C=O) groups is 1. The molecule has 0 aliphatic heterocycles. The maximum absolute atomic E-state index is 12.0. The van der Waals surface area contributed by atoms with Crippen LogP contribution in [0.5, 0.6) is 0 Å². The normalized spacial score (nSPS) is 12.8. The molecule has 1 aromatic carbocycles. The van der Waals surface area contributed by atoms with E-state index in [0.717, 1.165) is 0 Å². The summed E-state index contributed by atoms with van der Waals surface area (Å²) in [6.45, 7) is 5.55. The van der Waals surface area contributed by atoms with Crippen molar-refractivity contribution in [2.75, 3.05) is 6.54 Å². The summed E-state index contributed by atoms with van der Waals surface area (Å²) in [5.74, 6) is -0.576. The Hall–Kier alpha value is -1.47. The van der Waals surface area contributed by atoms with Crippen molar-refractivity contribution >= 4 is 27.5 Å². The van der Waals surface area contributed by atoms with E-state index in [0.29, 0.717) is 4.47 Å². The number of halogens is 1. The predicted molar refractivity (Wildman–Crippen MR) is 78.6 cm³/mol. The summed E-state index contributed by atoms with van der Waals surface area (Å²) in [7, 11) is 0. The Morgan fingerprint density at radius 1 is 1.50 bits per heavy atom. The van der Waals surface area contributed by atoms with Gasteiger partial charge in [-0.2, -0.15) is 0 Å². The zero-order valence-electron chi connectivity index (χ0n) is 11.5. The summed E-state index contributed by atoms with van der Waals surface area (Å²) in [5.41, 5.74) is -0.680. The van der Waals surface area contributed by atoms with Gasteiger partial charge in [-0.3, -0.25) is 14.9 Å². The third-order valence-corrected chi connectivity index (χ3v) is 3.35. The lowest BCUT2D eigenvalue weighted by Crippen LogP contribution is -2.39. The number of nitrogens with zero attached hydrogens (tertiary/aromatic N) is 1. The molecule has 110 valence electrons. The lowest BCUT2D eigenvalue weighted by atomic mass is 9.89. The Morgan fingerprint density at radius 3 is 2.60 bits per heavy atom. The lowest BCUT2D eigenvalue weighted by Gasteiger charge is -2.25. The van der Waals surface area contributed by atoms with E-state index >= 15 is 0 Å². The van der Waals surface area contributed by atoms with Gasteiger partial charge in [0.05, 0.1) is 11.0 Å². The van der Waals surface area contributed by atoms with Gasteiger partial charge in [-0.1, -0.05) is 36.7 Å². The highest BCUT2D eigenvalue weighted by Gasteiger charge is 2.25. The van der Waals surface area contributed by atoms with Crippen molar-refractivity contribution in [3.8, 4) is 0 Å². The minimum absolute atomic E-state index is 0.0284.